The van der Waals surface area contributed by atoms with E-state index in [1.54, 1.807) is 0 Å². The highest BCUT2D eigenvalue weighted by Crippen LogP contribution is 2.22. The first-order valence-corrected chi connectivity index (χ1v) is 3.39. The van der Waals surface area contributed by atoms with Gasteiger partial charge in [-0.25, -0.2) is 0 Å². The van der Waals surface area contributed by atoms with Gasteiger partial charge in [0, 0.05) is 6.42 Å². The van der Waals surface area contributed by atoms with Gasteiger partial charge in [-0.3, -0.25) is 14.4 Å². The Kier molecular flexibility index (Phi) is 1.76. The molecule has 0 aliphatic heterocycles. The Balaban J connectivity index is 2.83. The third-order valence-corrected chi connectivity index (χ3v) is 2.00. The lowest BCUT2D eigenvalue weighted by atomic mass is 10.0. The Morgan fingerprint density at radius 2 is 2.09 bits per heavy atom. The highest BCUT2D eigenvalue weighted by Gasteiger charge is 2.40. The van der Waals surface area contributed by atoms with Crippen molar-refractivity contribution in [2.24, 2.45) is 17.6 Å². The monoisotopic (exact) mass is 155 g/mol. The number of nitrogens with two attached hydrogens (primary N) is 1. The van der Waals surface area contributed by atoms with Crippen molar-refractivity contribution < 1.29 is 14.4 Å². The summed E-state index contributed by atoms with van der Waals surface area (Å²) < 4.78 is 0. The van der Waals surface area contributed by atoms with Crippen LogP contribution in [0.15, 0.2) is 0 Å². The van der Waals surface area contributed by atoms with E-state index in [1.165, 1.54) is 6.92 Å². The standard InChI is InChI=1S/C7H9NO3/c1-3-5(9)2-4(6(3)10)7(8)11/h3-4H,2H2,1H3,(H2,8,11). The molecule has 2 N–H and O–H groups in total. The second-order valence-corrected chi connectivity index (χ2v) is 2.75. The highest BCUT2D eigenvalue weighted by atomic mass is 16.2. The van der Waals surface area contributed by atoms with Gasteiger partial charge < -0.3 is 5.73 Å². The summed E-state index contributed by atoms with van der Waals surface area (Å²) in [5, 5.41) is 0. The van der Waals surface area contributed by atoms with Crippen molar-refractivity contribution in [2.45, 2.75) is 13.3 Å². The number of hydrogen-bond acceptors (Lipinski definition) is 3. The molecule has 0 aromatic rings. The number of amides is 1. The minimum absolute atomic E-state index is 0.00463. The SMILES string of the molecule is CC1C(=O)CC(C(N)=O)C1=O. The lowest BCUT2D eigenvalue weighted by molar-refractivity contribution is -0.131. The molecule has 0 radical (unpaired) electrons. The lowest BCUT2D eigenvalue weighted by Crippen LogP contribution is -2.27. The van der Waals surface area contributed by atoms with Crippen molar-refractivity contribution in [2.75, 3.05) is 0 Å². The average Bonchev–Trinajstić information content (AvgIpc) is 2.17. The summed E-state index contributed by atoms with van der Waals surface area (Å²) in [6.07, 6.45) is -0.00463. The summed E-state index contributed by atoms with van der Waals surface area (Å²) in [5.41, 5.74) is 4.90. The van der Waals surface area contributed by atoms with Crippen molar-refractivity contribution >= 4 is 17.5 Å². The van der Waals surface area contributed by atoms with Gasteiger partial charge in [0.1, 0.15) is 11.7 Å². The molecule has 1 saturated carbocycles. The Morgan fingerprint density at radius 1 is 1.55 bits per heavy atom. The zero-order chi connectivity index (χ0) is 8.59. The zero-order valence-corrected chi connectivity index (χ0v) is 6.16. The minimum Gasteiger partial charge on any atom is -0.369 e. The van der Waals surface area contributed by atoms with Gasteiger partial charge in [0.2, 0.25) is 5.91 Å². The Labute approximate surface area is 63.7 Å². The van der Waals surface area contributed by atoms with Gasteiger partial charge in [-0.1, -0.05) is 0 Å². The Bertz CT molecular complexity index is 234. The van der Waals surface area contributed by atoms with E-state index in [0.29, 0.717) is 0 Å². The second kappa shape index (κ2) is 2.45. The smallest absolute Gasteiger partial charge is 0.228 e. The molecule has 0 heterocycles. The molecule has 0 saturated heterocycles. The van der Waals surface area contributed by atoms with E-state index in [2.05, 4.69) is 0 Å². The molecule has 2 unspecified atom stereocenters. The molecule has 60 valence electrons. The van der Waals surface area contributed by atoms with Crippen LogP contribution in [0, 0.1) is 11.8 Å². The fraction of sp³-hybridized carbons (Fsp3) is 0.571. The van der Waals surface area contributed by atoms with Gasteiger partial charge >= 0.3 is 0 Å². The predicted octanol–water partition coefficient (Wildman–Crippen LogP) is -0.734. The summed E-state index contributed by atoms with van der Waals surface area (Å²) in [7, 11) is 0. The molecular formula is C7H9NO3. The normalized spacial score (nSPS) is 31.0. The molecule has 4 nitrogen and oxygen atoms in total. The molecule has 0 bridgehead atoms. The summed E-state index contributed by atoms with van der Waals surface area (Å²) in [5.74, 6) is -2.70. The summed E-state index contributed by atoms with van der Waals surface area (Å²) >= 11 is 0. The Hall–Kier alpha value is -1.19. The molecule has 2 atom stereocenters. The Morgan fingerprint density at radius 3 is 2.27 bits per heavy atom. The summed E-state index contributed by atoms with van der Waals surface area (Å²) in [6, 6.07) is 0. The number of hydrogen-bond donors (Lipinski definition) is 1. The van der Waals surface area contributed by atoms with Crippen LogP contribution in [0.5, 0.6) is 0 Å². The van der Waals surface area contributed by atoms with Crippen LogP contribution in [0.2, 0.25) is 0 Å². The number of ketones is 2. The van der Waals surface area contributed by atoms with Crippen LogP contribution < -0.4 is 5.73 Å². The maximum absolute atomic E-state index is 11.0. The largest absolute Gasteiger partial charge is 0.369 e. The molecule has 0 spiro atoms. The zero-order valence-electron chi connectivity index (χ0n) is 6.16. The lowest BCUT2D eigenvalue weighted by Gasteiger charge is -1.99. The molecule has 1 amide bonds. The van der Waals surface area contributed by atoms with Crippen molar-refractivity contribution in [1.82, 2.24) is 0 Å². The second-order valence-electron chi connectivity index (χ2n) is 2.75. The van der Waals surface area contributed by atoms with E-state index < -0.39 is 17.7 Å². The topological polar surface area (TPSA) is 77.2 Å². The van der Waals surface area contributed by atoms with Crippen LogP contribution in [-0.2, 0) is 14.4 Å². The average molecular weight is 155 g/mol. The number of carbonyl (C=O) groups is 3. The maximum atomic E-state index is 11.0. The van der Waals surface area contributed by atoms with Crippen LogP contribution in [0.4, 0.5) is 0 Å². The van der Waals surface area contributed by atoms with Gasteiger partial charge in [0.15, 0.2) is 5.78 Å². The van der Waals surface area contributed by atoms with E-state index in [9.17, 15) is 14.4 Å². The predicted molar refractivity (Wildman–Crippen MR) is 36.5 cm³/mol. The third kappa shape index (κ3) is 1.15. The van der Waals surface area contributed by atoms with E-state index in [1.807, 2.05) is 0 Å². The highest BCUT2D eigenvalue weighted by molar-refractivity contribution is 6.17. The van der Waals surface area contributed by atoms with Crippen molar-refractivity contribution in [1.29, 1.82) is 0 Å². The summed E-state index contributed by atoms with van der Waals surface area (Å²) in [4.78, 5) is 32.5. The first-order chi connectivity index (χ1) is 5.04. The molecule has 4 heteroatoms. The van der Waals surface area contributed by atoms with Gasteiger partial charge in [0.25, 0.3) is 0 Å². The number of primary amides is 1. The minimum atomic E-state index is -0.863. The fourth-order valence-corrected chi connectivity index (χ4v) is 1.18. The molecule has 1 aliphatic rings. The number of rotatable bonds is 1. The molecule has 1 fully saturated rings. The van der Waals surface area contributed by atoms with Crippen molar-refractivity contribution in [3.05, 3.63) is 0 Å². The maximum Gasteiger partial charge on any atom is 0.228 e. The molecule has 1 rings (SSSR count). The van der Waals surface area contributed by atoms with Crippen LogP contribution >= 0.6 is 0 Å². The van der Waals surface area contributed by atoms with E-state index in [-0.39, 0.29) is 18.0 Å². The van der Waals surface area contributed by atoms with Crippen LogP contribution in [0.1, 0.15) is 13.3 Å². The molecule has 1 aliphatic carbocycles. The van der Waals surface area contributed by atoms with Crippen LogP contribution in [-0.4, -0.2) is 17.5 Å². The van der Waals surface area contributed by atoms with Crippen LogP contribution in [0.3, 0.4) is 0 Å². The first kappa shape index (κ1) is 7.91. The van der Waals surface area contributed by atoms with Gasteiger partial charge in [-0.05, 0) is 6.92 Å². The molecule has 0 aromatic carbocycles. The quantitative estimate of drug-likeness (QED) is 0.507. The van der Waals surface area contributed by atoms with E-state index in [0.717, 1.165) is 0 Å². The van der Waals surface area contributed by atoms with Crippen LogP contribution in [0.25, 0.3) is 0 Å². The molecule has 11 heavy (non-hydrogen) atoms. The first-order valence-electron chi connectivity index (χ1n) is 3.39. The molecular weight excluding hydrogens is 146 g/mol. The summed E-state index contributed by atoms with van der Waals surface area (Å²) in [6.45, 7) is 1.51. The molecule has 0 aromatic heterocycles. The third-order valence-electron chi connectivity index (χ3n) is 2.00. The van der Waals surface area contributed by atoms with Gasteiger partial charge in [-0.15, -0.1) is 0 Å². The van der Waals surface area contributed by atoms with E-state index in [4.69, 9.17) is 5.73 Å². The van der Waals surface area contributed by atoms with E-state index >= 15 is 0 Å². The van der Waals surface area contributed by atoms with Crippen molar-refractivity contribution in [3.63, 3.8) is 0 Å². The van der Waals surface area contributed by atoms with Gasteiger partial charge in [-0.2, -0.15) is 0 Å². The van der Waals surface area contributed by atoms with Crippen molar-refractivity contribution in [3.8, 4) is 0 Å². The number of Topliss-reactive ketones (excluding diaryl/α,β-unsaturated/α-hetero) is 2. The fourth-order valence-electron chi connectivity index (χ4n) is 1.18. The number of carbonyl (C=O) groups excluding carboxylic acids is 3. The van der Waals surface area contributed by atoms with Gasteiger partial charge in [0.05, 0.1) is 5.92 Å².